The van der Waals surface area contributed by atoms with Gasteiger partial charge in [-0.2, -0.15) is 0 Å². The molecule has 0 fully saturated rings. The summed E-state index contributed by atoms with van der Waals surface area (Å²) in [6, 6.07) is 7.62. The van der Waals surface area contributed by atoms with E-state index in [-0.39, 0.29) is 120 Å². The number of fused-ring (bicyclic) bond motifs is 2. The lowest BCUT2D eigenvalue weighted by molar-refractivity contribution is 0.0480. The summed E-state index contributed by atoms with van der Waals surface area (Å²) in [7, 11) is -5.03. The summed E-state index contributed by atoms with van der Waals surface area (Å²) in [5, 5.41) is 0. The zero-order valence-corrected chi connectivity index (χ0v) is 54.3. The minimum absolute atomic E-state index is 0.0322. The molecule has 0 bridgehead atoms. The average Bonchev–Trinajstić information content (AvgIpc) is 0.943. The molecule has 0 saturated heterocycles. The van der Waals surface area contributed by atoms with Gasteiger partial charge in [0.1, 0.15) is 0 Å². The van der Waals surface area contributed by atoms with Crippen LogP contribution in [0.15, 0.2) is 73.8 Å². The Balaban J connectivity index is 1.55. The fraction of sp³-hybridized carbons (Fsp3) is 0.429. The smallest absolute Gasteiger partial charge is 0.340 e. The molecule has 0 atom stereocenters. The maximum absolute atomic E-state index is 13.7. The van der Waals surface area contributed by atoms with Crippen molar-refractivity contribution in [2.45, 2.75) is 127 Å². The van der Waals surface area contributed by atoms with E-state index < -0.39 is 80.9 Å². The monoisotopic (exact) mass is 1250 g/mol. The largest absolute Gasteiger partial charge is 0.462 e. The summed E-state index contributed by atoms with van der Waals surface area (Å²) >= 11 is 0. The summed E-state index contributed by atoms with van der Waals surface area (Å²) in [5.74, 6) is -6.17. The molecule has 0 spiro atoms. The van der Waals surface area contributed by atoms with Crippen LogP contribution in [0.4, 0.5) is 0 Å². The Kier molecular flexibility index (Phi) is 21.1. The maximum Gasteiger partial charge on any atom is 0.340 e. The SMILES string of the molecule is CCOC(=O)c1cn(P(Oc2cc(C(C)(C)C)cc3c2Oc2c(OP(n4cc(C(=O)OCC)c(C(=O)OCC)c4)n4cc(C(=O)OCC)c(C(=O)OCC)c4)cc(C(C)(C)C)cc2C3(C)C)n2cc(C(=O)OCC)c(C(=O)OCC)c2)cc1C(=O)OCC. The van der Waals surface area contributed by atoms with Crippen LogP contribution in [0.25, 0.3) is 0 Å². The molecule has 5 heterocycles. The summed E-state index contributed by atoms with van der Waals surface area (Å²) in [6.45, 7) is 28.8. The minimum atomic E-state index is -2.52. The third kappa shape index (κ3) is 14.1. The van der Waals surface area contributed by atoms with Crippen LogP contribution in [0.5, 0.6) is 23.0 Å². The van der Waals surface area contributed by atoms with Crippen LogP contribution in [-0.4, -0.2) is 118 Å². The molecule has 1 aliphatic rings. The Morgan fingerprint density at radius 1 is 0.364 bits per heavy atom. The highest BCUT2D eigenvalue weighted by atomic mass is 31.2. The molecule has 0 N–H and O–H groups in total. The van der Waals surface area contributed by atoms with Crippen molar-refractivity contribution in [3.63, 3.8) is 0 Å². The van der Waals surface area contributed by atoms with Gasteiger partial charge in [0.2, 0.25) is 0 Å². The first kappa shape index (κ1) is 67.1. The molecule has 2 aromatic carbocycles. The van der Waals surface area contributed by atoms with Gasteiger partial charge in [0.05, 0.1) is 97.4 Å². The average molecular weight is 1260 g/mol. The molecule has 0 radical (unpaired) electrons. The van der Waals surface area contributed by atoms with Crippen molar-refractivity contribution in [3.05, 3.63) is 141 Å². The van der Waals surface area contributed by atoms with Crippen molar-refractivity contribution in [1.82, 2.24) is 17.4 Å². The van der Waals surface area contributed by atoms with Crippen LogP contribution in [0, 0.1) is 0 Å². The predicted molar refractivity (Wildman–Crippen MR) is 325 cm³/mol. The normalized spacial score (nSPS) is 12.5. The molecule has 0 saturated carbocycles. The van der Waals surface area contributed by atoms with Crippen LogP contribution < -0.4 is 13.8 Å². The van der Waals surface area contributed by atoms with Gasteiger partial charge in [-0.25, -0.2) is 38.4 Å². The third-order valence-electron chi connectivity index (χ3n) is 13.8. The number of ether oxygens (including phenoxy) is 9. The molecular weight excluding hydrogens is 1180 g/mol. The second-order valence-electron chi connectivity index (χ2n) is 22.2. The van der Waals surface area contributed by atoms with Crippen molar-refractivity contribution in [3.8, 4) is 23.0 Å². The first-order valence-corrected chi connectivity index (χ1v) is 31.2. The summed E-state index contributed by atoms with van der Waals surface area (Å²) < 4.78 is 71.0. The Bertz CT molecular complexity index is 3120. The van der Waals surface area contributed by atoms with E-state index in [1.165, 1.54) is 66.9 Å². The first-order valence-electron chi connectivity index (χ1n) is 28.9. The Morgan fingerprint density at radius 2 is 0.557 bits per heavy atom. The van der Waals surface area contributed by atoms with Gasteiger partial charge < -0.3 is 51.7 Å². The fourth-order valence-corrected chi connectivity index (χ4v) is 12.5. The van der Waals surface area contributed by atoms with Crippen molar-refractivity contribution in [1.29, 1.82) is 0 Å². The van der Waals surface area contributed by atoms with E-state index >= 15 is 0 Å². The highest BCUT2D eigenvalue weighted by Crippen LogP contribution is 2.60. The van der Waals surface area contributed by atoms with Crippen molar-refractivity contribution >= 4 is 64.7 Å². The van der Waals surface area contributed by atoms with E-state index in [1.54, 1.807) is 67.5 Å². The van der Waals surface area contributed by atoms with Gasteiger partial charge in [-0.1, -0.05) is 67.5 Å². The van der Waals surface area contributed by atoms with Gasteiger partial charge >= 0.3 is 64.7 Å². The lowest BCUT2D eigenvalue weighted by atomic mass is 9.72. The number of aromatic nitrogens is 4. The lowest BCUT2D eigenvalue weighted by Crippen LogP contribution is -2.27. The first-order chi connectivity index (χ1) is 41.6. The molecule has 472 valence electrons. The van der Waals surface area contributed by atoms with Gasteiger partial charge in [0.25, 0.3) is 0 Å². The van der Waals surface area contributed by atoms with E-state index in [9.17, 15) is 38.4 Å². The van der Waals surface area contributed by atoms with Gasteiger partial charge in [0, 0.05) is 66.1 Å². The molecule has 4 aromatic heterocycles. The lowest BCUT2D eigenvalue weighted by Gasteiger charge is -2.39. The Labute approximate surface area is 513 Å². The van der Waals surface area contributed by atoms with E-state index in [0.717, 1.165) is 11.1 Å². The molecule has 88 heavy (non-hydrogen) atoms. The van der Waals surface area contributed by atoms with Gasteiger partial charge in [0.15, 0.2) is 23.0 Å². The number of carbonyl (C=O) groups is 8. The maximum atomic E-state index is 13.7. The van der Waals surface area contributed by atoms with Crippen molar-refractivity contribution < 1.29 is 90.0 Å². The van der Waals surface area contributed by atoms with Crippen LogP contribution in [-0.2, 0) is 54.1 Å². The van der Waals surface area contributed by atoms with Gasteiger partial charge in [-0.3, -0.25) is 17.4 Å². The fourth-order valence-electron chi connectivity index (χ4n) is 9.33. The zero-order chi connectivity index (χ0) is 64.7. The Morgan fingerprint density at radius 3 is 0.727 bits per heavy atom. The molecule has 7 rings (SSSR count). The zero-order valence-electron chi connectivity index (χ0n) is 52.5. The number of hydrogen-bond donors (Lipinski definition) is 0. The molecule has 0 amide bonds. The third-order valence-corrected chi connectivity index (χ3v) is 17.0. The summed E-state index contributed by atoms with van der Waals surface area (Å²) in [5.41, 5.74) is -0.584. The number of nitrogens with zero attached hydrogens (tertiary/aromatic N) is 4. The number of carbonyl (C=O) groups excluding carboxylic acids is 8. The Hall–Kier alpha value is -8.42. The van der Waals surface area contributed by atoms with Crippen LogP contribution in [0.2, 0.25) is 0 Å². The van der Waals surface area contributed by atoms with E-state index in [0.29, 0.717) is 11.1 Å². The summed E-state index contributed by atoms with van der Waals surface area (Å²) in [6.07, 6.45) is 10.9. The second kappa shape index (κ2) is 27.7. The highest BCUT2D eigenvalue weighted by molar-refractivity contribution is 7.50. The van der Waals surface area contributed by atoms with E-state index in [2.05, 4.69) is 0 Å². The predicted octanol–water partition coefficient (Wildman–Crippen LogP) is 12.7. The second-order valence-corrected chi connectivity index (χ2v) is 25.5. The highest BCUT2D eigenvalue weighted by Gasteiger charge is 2.43. The number of hydrogen-bond acceptors (Lipinski definition) is 19. The standard InChI is InChI=1S/C63H76N4O19P2/c1-17-76-53(68)39-29-64(30-40(39)54(69)77-18-2)87(65-31-41(55(70)78-19-3)42(32-65)56(71)79-20-4)85-49-27-37(61(9,10)11)25-47-51(49)84-52-48(63(47,15)16)26-38(62(12,13)14)28-50(52)86-88(66-33-43(57(72)80-21-5)44(34-66)58(73)81-22-6)67-35-45(59(74)82-23-7)46(36-67)60(75)83-24-8/h25-36H,17-24H2,1-16H3. The molecular formula is C63H76N4O19P2. The van der Waals surface area contributed by atoms with Gasteiger partial charge in [-0.05, 0) is 89.5 Å². The molecule has 0 aliphatic carbocycles. The summed E-state index contributed by atoms with van der Waals surface area (Å²) in [4.78, 5) is 110. The molecule has 0 unspecified atom stereocenters. The van der Waals surface area contributed by atoms with Crippen LogP contribution in [0.1, 0.15) is 216 Å². The van der Waals surface area contributed by atoms with Crippen molar-refractivity contribution in [2.24, 2.45) is 0 Å². The number of rotatable bonds is 24. The molecule has 23 nitrogen and oxygen atoms in total. The molecule has 6 aromatic rings. The molecule has 25 heteroatoms. The molecule has 1 aliphatic heterocycles. The topological polar surface area (TPSA) is 258 Å². The number of esters is 8. The van der Waals surface area contributed by atoms with Crippen LogP contribution >= 0.6 is 16.9 Å². The minimum Gasteiger partial charge on any atom is -0.462 e. The van der Waals surface area contributed by atoms with E-state index in [1.807, 2.05) is 67.5 Å². The van der Waals surface area contributed by atoms with Crippen LogP contribution in [0.3, 0.4) is 0 Å². The number of benzene rings is 2. The van der Waals surface area contributed by atoms with E-state index in [4.69, 9.17) is 51.7 Å². The quantitative estimate of drug-likeness (QED) is 0.0310. The van der Waals surface area contributed by atoms with Gasteiger partial charge in [-0.15, -0.1) is 0 Å². The van der Waals surface area contributed by atoms with Crippen molar-refractivity contribution in [2.75, 3.05) is 52.9 Å².